The van der Waals surface area contributed by atoms with Crippen LogP contribution in [0.5, 0.6) is 11.5 Å². The number of nitrogens with zero attached hydrogens (tertiary/aromatic N) is 1. The smallest absolute Gasteiger partial charge is 0.228 e. The Balaban J connectivity index is 1.62. The highest BCUT2D eigenvalue weighted by Gasteiger charge is 2.25. The van der Waals surface area contributed by atoms with Crippen LogP contribution >= 0.6 is 0 Å². The van der Waals surface area contributed by atoms with Crippen molar-refractivity contribution < 1.29 is 23.5 Å². The zero-order chi connectivity index (χ0) is 24.5. The summed E-state index contributed by atoms with van der Waals surface area (Å²) < 4.78 is 17.6. The third-order valence-electron chi connectivity index (χ3n) is 6.05. The van der Waals surface area contributed by atoms with Crippen molar-refractivity contribution in [1.82, 2.24) is 4.90 Å². The average Bonchev–Trinajstić information content (AvgIpc) is 3.24. The summed E-state index contributed by atoms with van der Waals surface area (Å²) in [6.07, 6.45) is 4.41. The van der Waals surface area contributed by atoms with Crippen molar-refractivity contribution >= 4 is 23.0 Å². The van der Waals surface area contributed by atoms with Crippen molar-refractivity contribution in [1.29, 1.82) is 0 Å². The highest BCUT2D eigenvalue weighted by atomic mass is 16.5. The van der Waals surface area contributed by atoms with Crippen molar-refractivity contribution in [2.24, 2.45) is 0 Å². The van der Waals surface area contributed by atoms with Crippen molar-refractivity contribution in [2.75, 3.05) is 14.1 Å². The maximum atomic E-state index is 13.6. The van der Waals surface area contributed by atoms with Crippen LogP contribution in [0.15, 0.2) is 77.4 Å². The second-order valence-corrected chi connectivity index (χ2v) is 8.78. The number of carbonyl (C=O) groups is 2. The van der Waals surface area contributed by atoms with Crippen LogP contribution < -0.4 is 9.47 Å². The molecule has 5 rings (SSSR count). The molecule has 1 aliphatic heterocycles. The van der Waals surface area contributed by atoms with E-state index in [9.17, 15) is 9.59 Å². The van der Waals surface area contributed by atoms with Gasteiger partial charge in [0.1, 0.15) is 17.1 Å². The molecule has 0 bridgehead atoms. The molecule has 6 nitrogen and oxygen atoms in total. The van der Waals surface area contributed by atoms with Crippen molar-refractivity contribution in [3.63, 3.8) is 0 Å². The van der Waals surface area contributed by atoms with Gasteiger partial charge in [0.05, 0.1) is 6.26 Å². The normalized spacial score (nSPS) is 13.4. The van der Waals surface area contributed by atoms with Crippen LogP contribution in [0.2, 0.25) is 0 Å². The highest BCUT2D eigenvalue weighted by molar-refractivity contribution is 6.16. The van der Waals surface area contributed by atoms with E-state index in [0.29, 0.717) is 22.5 Å². The van der Waals surface area contributed by atoms with E-state index in [4.69, 9.17) is 13.9 Å². The summed E-state index contributed by atoms with van der Waals surface area (Å²) in [5.41, 5.74) is 4.76. The Morgan fingerprint density at radius 3 is 2.49 bits per heavy atom. The Hall–Kier alpha value is -4.16. The Kier molecular flexibility index (Phi) is 5.97. The standard InChI is InChI=1S/C29H25NO5/c1-18-6-8-20(9-7-18)28(32)29-27(19-10-12-22(13-11-19)34-26(17-31)30(2)3)23-15-21-5-4-14-33-24(21)16-25(23)35-29/h4,6-17,26H,5H2,1-3H3. The SMILES string of the molecule is Cc1ccc(C(=O)c2oc3cc4c(cc3c2-c2ccc(OC(C=O)N(C)C)cc2)CC=CO4)cc1. The zero-order valence-corrected chi connectivity index (χ0v) is 19.8. The van der Waals surface area contributed by atoms with Gasteiger partial charge in [-0.25, -0.2) is 0 Å². The molecule has 1 aromatic heterocycles. The van der Waals surface area contributed by atoms with E-state index in [1.807, 2.05) is 61.5 Å². The van der Waals surface area contributed by atoms with Crippen molar-refractivity contribution in [3.05, 3.63) is 95.5 Å². The fraction of sp³-hybridized carbons (Fsp3) is 0.172. The molecule has 2 heterocycles. The number of aldehydes is 1. The van der Waals surface area contributed by atoms with Gasteiger partial charge in [0.25, 0.3) is 0 Å². The van der Waals surface area contributed by atoms with Gasteiger partial charge in [-0.1, -0.05) is 42.0 Å². The van der Waals surface area contributed by atoms with Gasteiger partial charge >= 0.3 is 0 Å². The van der Waals surface area contributed by atoms with E-state index in [-0.39, 0.29) is 11.5 Å². The molecule has 176 valence electrons. The van der Waals surface area contributed by atoms with Gasteiger partial charge in [-0.05, 0) is 62.8 Å². The lowest BCUT2D eigenvalue weighted by Crippen LogP contribution is -2.34. The molecule has 1 aliphatic rings. The Bertz CT molecular complexity index is 1430. The minimum atomic E-state index is -0.686. The number of rotatable bonds is 7. The number of ketones is 1. The quantitative estimate of drug-likeness (QED) is 0.202. The first-order chi connectivity index (χ1) is 16.9. The summed E-state index contributed by atoms with van der Waals surface area (Å²) in [7, 11) is 3.54. The van der Waals surface area contributed by atoms with E-state index in [0.717, 1.165) is 40.5 Å². The molecular weight excluding hydrogens is 442 g/mol. The second kappa shape index (κ2) is 9.24. The molecule has 0 saturated heterocycles. The maximum Gasteiger partial charge on any atom is 0.228 e. The number of benzene rings is 3. The van der Waals surface area contributed by atoms with Crippen LogP contribution in [-0.2, 0) is 11.2 Å². The van der Waals surface area contributed by atoms with Crippen LogP contribution in [0.1, 0.15) is 27.2 Å². The monoisotopic (exact) mass is 467 g/mol. The van der Waals surface area contributed by atoms with Crippen LogP contribution in [0, 0.1) is 6.92 Å². The number of hydrogen-bond acceptors (Lipinski definition) is 6. The number of allylic oxidation sites excluding steroid dienone is 1. The maximum absolute atomic E-state index is 13.6. The van der Waals surface area contributed by atoms with Crippen molar-refractivity contribution in [2.45, 2.75) is 19.6 Å². The fourth-order valence-corrected chi connectivity index (χ4v) is 4.11. The summed E-state index contributed by atoms with van der Waals surface area (Å²) in [6.45, 7) is 1.98. The molecule has 0 fully saturated rings. The molecule has 0 radical (unpaired) electrons. The van der Waals surface area contributed by atoms with Gasteiger partial charge in [-0.2, -0.15) is 0 Å². The minimum absolute atomic E-state index is 0.192. The van der Waals surface area contributed by atoms with E-state index < -0.39 is 6.23 Å². The van der Waals surface area contributed by atoms with Gasteiger partial charge in [-0.3, -0.25) is 14.5 Å². The predicted octanol–water partition coefficient (Wildman–Crippen LogP) is 5.55. The number of hydrogen-bond donors (Lipinski definition) is 0. The molecule has 6 heteroatoms. The number of ether oxygens (including phenoxy) is 2. The highest BCUT2D eigenvalue weighted by Crippen LogP contribution is 2.40. The molecule has 0 spiro atoms. The first-order valence-corrected chi connectivity index (χ1v) is 11.4. The lowest BCUT2D eigenvalue weighted by atomic mass is 9.96. The van der Waals surface area contributed by atoms with Gasteiger partial charge in [0, 0.05) is 22.6 Å². The van der Waals surface area contributed by atoms with Crippen LogP contribution in [0.3, 0.4) is 0 Å². The van der Waals surface area contributed by atoms with Crippen LogP contribution in [0.4, 0.5) is 0 Å². The molecule has 35 heavy (non-hydrogen) atoms. The minimum Gasteiger partial charge on any atom is -0.468 e. The van der Waals surface area contributed by atoms with E-state index in [2.05, 4.69) is 0 Å². The van der Waals surface area contributed by atoms with Gasteiger partial charge < -0.3 is 13.9 Å². The summed E-state index contributed by atoms with van der Waals surface area (Å²) in [6, 6.07) is 18.6. The first kappa shape index (κ1) is 22.6. The van der Waals surface area contributed by atoms with Gasteiger partial charge in [0.15, 0.2) is 12.0 Å². The lowest BCUT2D eigenvalue weighted by Gasteiger charge is -2.20. The van der Waals surface area contributed by atoms with Crippen molar-refractivity contribution in [3.8, 4) is 22.6 Å². The molecule has 0 saturated carbocycles. The first-order valence-electron chi connectivity index (χ1n) is 11.4. The summed E-state index contributed by atoms with van der Waals surface area (Å²) in [5.74, 6) is 1.35. The van der Waals surface area contributed by atoms with Crippen LogP contribution in [-0.4, -0.2) is 37.3 Å². The summed E-state index contributed by atoms with van der Waals surface area (Å²) >= 11 is 0. The van der Waals surface area contributed by atoms with Gasteiger partial charge in [-0.15, -0.1) is 0 Å². The fourth-order valence-electron chi connectivity index (χ4n) is 4.11. The molecular formula is C29H25NO5. The molecule has 3 aromatic carbocycles. The molecule has 1 unspecified atom stereocenters. The van der Waals surface area contributed by atoms with E-state index >= 15 is 0 Å². The molecule has 0 aliphatic carbocycles. The zero-order valence-electron chi connectivity index (χ0n) is 19.8. The second-order valence-electron chi connectivity index (χ2n) is 8.78. The number of fused-ring (bicyclic) bond motifs is 2. The molecule has 1 atom stereocenters. The van der Waals surface area contributed by atoms with E-state index in [1.165, 1.54) is 0 Å². The third-order valence-corrected chi connectivity index (χ3v) is 6.05. The Morgan fingerprint density at radius 2 is 1.80 bits per heavy atom. The topological polar surface area (TPSA) is 69.0 Å². The van der Waals surface area contributed by atoms with Gasteiger partial charge in [0.2, 0.25) is 12.0 Å². The molecule has 0 N–H and O–H groups in total. The number of carbonyl (C=O) groups excluding carboxylic acids is 2. The number of likely N-dealkylation sites (N-methyl/N-ethyl adjacent to an activating group) is 1. The molecule has 0 amide bonds. The Morgan fingerprint density at radius 1 is 1.06 bits per heavy atom. The average molecular weight is 468 g/mol. The largest absolute Gasteiger partial charge is 0.468 e. The summed E-state index contributed by atoms with van der Waals surface area (Å²) in [4.78, 5) is 26.6. The molecule has 4 aromatic rings. The Labute approximate surface area is 203 Å². The van der Waals surface area contributed by atoms with Crippen LogP contribution in [0.25, 0.3) is 22.1 Å². The number of aryl methyl sites for hydroxylation is 1. The number of furan rings is 1. The summed E-state index contributed by atoms with van der Waals surface area (Å²) in [5, 5.41) is 0.839. The van der Waals surface area contributed by atoms with E-state index in [1.54, 1.807) is 37.4 Å². The lowest BCUT2D eigenvalue weighted by molar-refractivity contribution is -0.119. The third kappa shape index (κ3) is 4.36. The predicted molar refractivity (Wildman–Crippen MR) is 134 cm³/mol.